The van der Waals surface area contributed by atoms with Crippen LogP contribution in [0.4, 0.5) is 0 Å². The van der Waals surface area contributed by atoms with Gasteiger partial charge in [-0.2, -0.15) is 0 Å². The molecule has 1 aromatic rings. The molecule has 0 N–H and O–H groups in total. The van der Waals surface area contributed by atoms with Gasteiger partial charge in [-0.05, 0) is 38.1 Å². The van der Waals surface area contributed by atoms with Crippen molar-refractivity contribution in [3.8, 4) is 0 Å². The Labute approximate surface area is 119 Å². The fourth-order valence-electron chi connectivity index (χ4n) is 3.05. The van der Waals surface area contributed by atoms with Crippen molar-refractivity contribution in [3.63, 3.8) is 0 Å². The number of likely N-dealkylation sites (tertiary alicyclic amines) is 1. The van der Waals surface area contributed by atoms with Crippen LogP contribution in [0.1, 0.15) is 30.1 Å². The summed E-state index contributed by atoms with van der Waals surface area (Å²) in [6, 6.07) is 8.51. The Bertz CT molecular complexity index is 477. The summed E-state index contributed by atoms with van der Waals surface area (Å²) in [5.74, 6) is 1.00. The first kappa shape index (κ1) is 13.0. The molecule has 0 saturated carbocycles. The van der Waals surface area contributed by atoms with E-state index in [9.17, 15) is 4.79 Å². The third-order valence-corrected chi connectivity index (χ3v) is 5.22. The van der Waals surface area contributed by atoms with Gasteiger partial charge in [0.2, 0.25) is 0 Å². The largest absolute Gasteiger partial charge is 0.327 e. The summed E-state index contributed by atoms with van der Waals surface area (Å²) in [5.41, 5.74) is 0.875. The van der Waals surface area contributed by atoms with E-state index in [1.54, 1.807) is 11.8 Å². The lowest BCUT2D eigenvalue weighted by Gasteiger charge is -2.33. The molecule has 0 spiro atoms. The Kier molecular flexibility index (Phi) is 3.80. The molecule has 2 aliphatic rings. The Morgan fingerprint density at radius 2 is 2.21 bits per heavy atom. The Morgan fingerprint density at radius 3 is 3.05 bits per heavy atom. The van der Waals surface area contributed by atoms with Crippen LogP contribution in [0.15, 0.2) is 29.2 Å². The third-order valence-electron chi connectivity index (χ3n) is 4.12. The number of fused-ring (bicyclic) bond motifs is 1. The van der Waals surface area contributed by atoms with E-state index in [0.717, 1.165) is 29.4 Å². The molecule has 2 aliphatic heterocycles. The number of nitrogens with zero attached hydrogens (tertiary/aromatic N) is 2. The van der Waals surface area contributed by atoms with E-state index in [2.05, 4.69) is 11.8 Å². The molecule has 0 bridgehead atoms. The van der Waals surface area contributed by atoms with Gasteiger partial charge in [-0.15, -0.1) is 11.8 Å². The zero-order valence-corrected chi connectivity index (χ0v) is 12.2. The number of benzene rings is 1. The summed E-state index contributed by atoms with van der Waals surface area (Å²) in [6.45, 7) is 5.37. The average molecular weight is 276 g/mol. The Hall–Kier alpha value is -1.00. The molecule has 19 heavy (non-hydrogen) atoms. The third kappa shape index (κ3) is 2.51. The Morgan fingerprint density at radius 1 is 1.37 bits per heavy atom. The van der Waals surface area contributed by atoms with Crippen molar-refractivity contribution in [2.45, 2.75) is 30.7 Å². The lowest BCUT2D eigenvalue weighted by Crippen LogP contribution is -2.44. The first-order chi connectivity index (χ1) is 9.29. The van der Waals surface area contributed by atoms with Crippen LogP contribution in [-0.2, 0) is 0 Å². The number of thioether (sulfide) groups is 1. The summed E-state index contributed by atoms with van der Waals surface area (Å²) in [6.07, 6.45) is 2.49. The maximum absolute atomic E-state index is 12.5. The molecule has 102 valence electrons. The van der Waals surface area contributed by atoms with Gasteiger partial charge in [0, 0.05) is 17.5 Å². The normalized spacial score (nSPS) is 23.7. The first-order valence-electron chi connectivity index (χ1n) is 7.04. The van der Waals surface area contributed by atoms with Crippen LogP contribution in [0.5, 0.6) is 0 Å². The number of amides is 1. The first-order valence-corrected chi connectivity index (χ1v) is 8.03. The van der Waals surface area contributed by atoms with Crippen LogP contribution < -0.4 is 0 Å². The lowest BCUT2D eigenvalue weighted by molar-refractivity contribution is 0.0734. The molecule has 0 radical (unpaired) electrons. The van der Waals surface area contributed by atoms with E-state index in [4.69, 9.17) is 0 Å². The van der Waals surface area contributed by atoms with Crippen LogP contribution >= 0.6 is 11.8 Å². The van der Waals surface area contributed by atoms with Crippen molar-refractivity contribution >= 4 is 17.7 Å². The summed E-state index contributed by atoms with van der Waals surface area (Å²) >= 11 is 1.78. The maximum atomic E-state index is 12.5. The number of carbonyl (C=O) groups is 1. The second kappa shape index (κ2) is 5.55. The molecule has 1 aromatic carbocycles. The second-order valence-corrected chi connectivity index (χ2v) is 6.21. The summed E-state index contributed by atoms with van der Waals surface area (Å²) in [4.78, 5) is 18.1. The van der Waals surface area contributed by atoms with E-state index in [0.29, 0.717) is 6.04 Å². The predicted octanol–water partition coefficient (Wildman–Crippen LogP) is 2.68. The van der Waals surface area contributed by atoms with Gasteiger partial charge in [0.1, 0.15) is 0 Å². The quantitative estimate of drug-likeness (QED) is 0.848. The molecule has 0 aromatic heterocycles. The highest BCUT2D eigenvalue weighted by Gasteiger charge is 2.30. The summed E-state index contributed by atoms with van der Waals surface area (Å²) in [5, 5.41) is 0. The van der Waals surface area contributed by atoms with E-state index in [1.165, 1.54) is 19.4 Å². The van der Waals surface area contributed by atoms with E-state index in [1.807, 2.05) is 29.2 Å². The van der Waals surface area contributed by atoms with Gasteiger partial charge in [0.25, 0.3) is 5.91 Å². The summed E-state index contributed by atoms with van der Waals surface area (Å²) < 4.78 is 0. The van der Waals surface area contributed by atoms with Crippen LogP contribution in [0.25, 0.3) is 0 Å². The molecule has 0 aliphatic carbocycles. The second-order valence-electron chi connectivity index (χ2n) is 5.22. The van der Waals surface area contributed by atoms with Gasteiger partial charge >= 0.3 is 0 Å². The monoisotopic (exact) mass is 276 g/mol. The zero-order valence-electron chi connectivity index (χ0n) is 11.3. The SMILES string of the molecule is CCN1CCCC1CN1CSc2ccccc2C1=O. The minimum Gasteiger partial charge on any atom is -0.327 e. The van der Waals surface area contributed by atoms with Gasteiger partial charge in [0.05, 0.1) is 11.4 Å². The molecule has 4 heteroatoms. The lowest BCUT2D eigenvalue weighted by atomic mass is 10.1. The highest BCUT2D eigenvalue weighted by molar-refractivity contribution is 7.99. The van der Waals surface area contributed by atoms with Crippen molar-refractivity contribution in [2.75, 3.05) is 25.5 Å². The fraction of sp³-hybridized carbons (Fsp3) is 0.533. The standard InChI is InChI=1S/C15H20N2OS/c1-2-16-9-5-6-12(16)10-17-11-19-14-8-4-3-7-13(14)15(17)18/h3-4,7-8,12H,2,5-6,9-11H2,1H3. The fourth-order valence-corrected chi connectivity index (χ4v) is 4.06. The summed E-state index contributed by atoms with van der Waals surface area (Å²) in [7, 11) is 0. The topological polar surface area (TPSA) is 23.6 Å². The van der Waals surface area contributed by atoms with Crippen LogP contribution in [0.2, 0.25) is 0 Å². The van der Waals surface area contributed by atoms with Crippen LogP contribution in [0, 0.1) is 0 Å². The van der Waals surface area contributed by atoms with E-state index < -0.39 is 0 Å². The van der Waals surface area contributed by atoms with Gasteiger partial charge in [-0.3, -0.25) is 9.69 Å². The molecular weight excluding hydrogens is 256 g/mol. The number of likely N-dealkylation sites (N-methyl/N-ethyl adjacent to an activating group) is 1. The van der Waals surface area contributed by atoms with Crippen molar-refractivity contribution in [1.29, 1.82) is 0 Å². The molecule has 3 nitrogen and oxygen atoms in total. The molecule has 1 amide bonds. The van der Waals surface area contributed by atoms with Crippen LogP contribution in [0.3, 0.4) is 0 Å². The highest BCUT2D eigenvalue weighted by Crippen LogP contribution is 2.31. The minimum absolute atomic E-state index is 0.206. The van der Waals surface area contributed by atoms with Crippen molar-refractivity contribution in [3.05, 3.63) is 29.8 Å². The molecule has 1 atom stereocenters. The van der Waals surface area contributed by atoms with E-state index >= 15 is 0 Å². The smallest absolute Gasteiger partial charge is 0.255 e. The predicted molar refractivity (Wildman–Crippen MR) is 78.5 cm³/mol. The van der Waals surface area contributed by atoms with Gasteiger partial charge in [0.15, 0.2) is 0 Å². The number of hydrogen-bond donors (Lipinski definition) is 0. The average Bonchev–Trinajstić information content (AvgIpc) is 2.89. The van der Waals surface area contributed by atoms with E-state index in [-0.39, 0.29) is 5.91 Å². The number of rotatable bonds is 3. The molecular formula is C15H20N2OS. The highest BCUT2D eigenvalue weighted by atomic mass is 32.2. The van der Waals surface area contributed by atoms with Crippen LogP contribution in [-0.4, -0.2) is 47.3 Å². The zero-order chi connectivity index (χ0) is 13.2. The molecule has 1 unspecified atom stereocenters. The molecule has 1 saturated heterocycles. The van der Waals surface area contributed by atoms with Gasteiger partial charge in [-0.25, -0.2) is 0 Å². The van der Waals surface area contributed by atoms with Crippen molar-refractivity contribution < 1.29 is 4.79 Å². The molecule has 2 heterocycles. The van der Waals surface area contributed by atoms with Crippen molar-refractivity contribution in [1.82, 2.24) is 9.80 Å². The molecule has 1 fully saturated rings. The van der Waals surface area contributed by atoms with Gasteiger partial charge in [-0.1, -0.05) is 19.1 Å². The molecule has 3 rings (SSSR count). The van der Waals surface area contributed by atoms with Crippen molar-refractivity contribution in [2.24, 2.45) is 0 Å². The minimum atomic E-state index is 0.206. The number of hydrogen-bond acceptors (Lipinski definition) is 3. The Balaban J connectivity index is 1.72. The number of carbonyl (C=O) groups excluding carboxylic acids is 1. The van der Waals surface area contributed by atoms with Gasteiger partial charge < -0.3 is 4.90 Å². The maximum Gasteiger partial charge on any atom is 0.255 e.